The molecule has 1 nitrogen and oxygen atoms in total. The summed E-state index contributed by atoms with van der Waals surface area (Å²) in [6, 6.07) is 8.73. The molecule has 1 saturated carbocycles. The second-order valence-corrected chi connectivity index (χ2v) is 5.83. The molecule has 1 aliphatic rings. The predicted molar refractivity (Wildman–Crippen MR) is 74.0 cm³/mol. The maximum absolute atomic E-state index is 5.42. The van der Waals surface area contributed by atoms with Crippen molar-refractivity contribution in [2.45, 2.75) is 45.6 Å². The van der Waals surface area contributed by atoms with E-state index < -0.39 is 0 Å². The molecular formula is C16H21N. The van der Waals surface area contributed by atoms with Crippen LogP contribution in [0, 0.1) is 17.8 Å². The number of nitrogens with one attached hydrogen (secondary N) is 1. The maximum Gasteiger partial charge on any atom is 0.0354 e. The molecular weight excluding hydrogens is 206 g/mol. The smallest absolute Gasteiger partial charge is 0.0354 e. The van der Waals surface area contributed by atoms with Crippen LogP contribution < -0.4 is 5.32 Å². The fourth-order valence-electron chi connectivity index (χ4n) is 2.76. The molecule has 0 spiro atoms. The number of hydrogen-bond donors (Lipinski definition) is 1. The first-order chi connectivity index (χ1) is 8.09. The quantitative estimate of drug-likeness (QED) is 0.752. The molecule has 1 fully saturated rings. The fourth-order valence-corrected chi connectivity index (χ4v) is 2.76. The highest BCUT2D eigenvalue weighted by atomic mass is 14.9. The van der Waals surface area contributed by atoms with Crippen molar-refractivity contribution in [2.24, 2.45) is 5.41 Å². The molecule has 90 valence electrons. The molecule has 1 aromatic carbocycles. The Balaban J connectivity index is 2.03. The third kappa shape index (κ3) is 3.27. The van der Waals surface area contributed by atoms with Crippen molar-refractivity contribution in [3.05, 3.63) is 29.8 Å². The second-order valence-electron chi connectivity index (χ2n) is 5.83. The molecule has 0 aliphatic heterocycles. The molecule has 1 aliphatic carbocycles. The second kappa shape index (κ2) is 4.84. The van der Waals surface area contributed by atoms with Gasteiger partial charge >= 0.3 is 0 Å². The van der Waals surface area contributed by atoms with E-state index in [2.05, 4.69) is 37.2 Å². The van der Waals surface area contributed by atoms with E-state index >= 15 is 0 Å². The van der Waals surface area contributed by atoms with Crippen molar-refractivity contribution in [1.29, 1.82) is 0 Å². The molecule has 0 saturated heterocycles. The van der Waals surface area contributed by atoms with Crippen LogP contribution in [0.15, 0.2) is 24.3 Å². The van der Waals surface area contributed by atoms with Gasteiger partial charge in [0.1, 0.15) is 0 Å². The Morgan fingerprint density at radius 3 is 2.94 bits per heavy atom. The number of hydrogen-bond acceptors (Lipinski definition) is 1. The molecule has 1 aromatic rings. The molecule has 1 unspecified atom stereocenters. The summed E-state index contributed by atoms with van der Waals surface area (Å²) in [5.74, 6) is 2.68. The van der Waals surface area contributed by atoms with Gasteiger partial charge in [-0.2, -0.15) is 0 Å². The van der Waals surface area contributed by atoms with E-state index in [0.717, 1.165) is 11.3 Å². The topological polar surface area (TPSA) is 12.0 Å². The number of benzene rings is 1. The summed E-state index contributed by atoms with van der Waals surface area (Å²) in [5.41, 5.74) is 2.58. The van der Waals surface area contributed by atoms with Crippen molar-refractivity contribution in [3.63, 3.8) is 0 Å². The zero-order valence-electron chi connectivity index (χ0n) is 10.8. The Bertz CT molecular complexity index is 425. The minimum atomic E-state index is 0.472. The minimum absolute atomic E-state index is 0.472. The van der Waals surface area contributed by atoms with Crippen LogP contribution in [0.25, 0.3) is 0 Å². The molecule has 0 heterocycles. The first-order valence-corrected chi connectivity index (χ1v) is 6.42. The highest BCUT2D eigenvalue weighted by Gasteiger charge is 2.27. The first kappa shape index (κ1) is 12.0. The fraction of sp³-hybridized carbons (Fsp3) is 0.500. The van der Waals surface area contributed by atoms with Gasteiger partial charge in [-0.3, -0.25) is 0 Å². The lowest BCUT2D eigenvalue weighted by Crippen LogP contribution is -2.31. The van der Waals surface area contributed by atoms with Gasteiger partial charge in [0.25, 0.3) is 0 Å². The van der Waals surface area contributed by atoms with Crippen LogP contribution in [0.2, 0.25) is 0 Å². The average Bonchev–Trinajstić information content (AvgIpc) is 2.28. The van der Waals surface area contributed by atoms with Gasteiger partial charge < -0.3 is 5.32 Å². The van der Waals surface area contributed by atoms with E-state index in [1.807, 2.05) is 12.1 Å². The molecule has 1 atom stereocenters. The molecule has 1 N–H and O–H groups in total. The Labute approximate surface area is 105 Å². The van der Waals surface area contributed by atoms with Crippen LogP contribution in [0.5, 0.6) is 0 Å². The molecule has 17 heavy (non-hydrogen) atoms. The molecule has 0 radical (unpaired) electrons. The summed E-state index contributed by atoms with van der Waals surface area (Å²) in [6.07, 6.45) is 10.6. The lowest BCUT2D eigenvalue weighted by Gasteiger charge is -2.36. The van der Waals surface area contributed by atoms with Crippen LogP contribution in [-0.2, 0) is 0 Å². The normalized spacial score (nSPS) is 22.8. The van der Waals surface area contributed by atoms with Crippen molar-refractivity contribution in [2.75, 3.05) is 5.32 Å². The Kier molecular flexibility index (Phi) is 3.43. The van der Waals surface area contributed by atoms with Crippen LogP contribution in [0.1, 0.15) is 45.1 Å². The minimum Gasteiger partial charge on any atom is -0.382 e. The van der Waals surface area contributed by atoms with E-state index in [1.165, 1.54) is 25.7 Å². The first-order valence-electron chi connectivity index (χ1n) is 6.42. The van der Waals surface area contributed by atoms with Gasteiger partial charge in [-0.15, -0.1) is 6.42 Å². The van der Waals surface area contributed by atoms with Crippen molar-refractivity contribution >= 4 is 5.69 Å². The van der Waals surface area contributed by atoms with Gasteiger partial charge in [-0.25, -0.2) is 0 Å². The lowest BCUT2D eigenvalue weighted by molar-refractivity contribution is 0.229. The van der Waals surface area contributed by atoms with Crippen LogP contribution in [0.4, 0.5) is 5.69 Å². The van der Waals surface area contributed by atoms with E-state index in [1.54, 1.807) is 0 Å². The van der Waals surface area contributed by atoms with E-state index in [9.17, 15) is 0 Å². The number of terminal acetylenes is 1. The predicted octanol–water partition coefficient (Wildman–Crippen LogP) is 4.05. The maximum atomic E-state index is 5.42. The standard InChI is InChI=1S/C16H21N/c1-4-13-7-5-8-14(11-13)17-15-9-6-10-16(2,3)12-15/h1,5,7-8,11,15,17H,6,9-10,12H2,2-3H3. The Morgan fingerprint density at radius 1 is 1.41 bits per heavy atom. The summed E-state index contributed by atoms with van der Waals surface area (Å²) in [5, 5.41) is 3.62. The molecule has 0 amide bonds. The third-order valence-electron chi connectivity index (χ3n) is 3.61. The highest BCUT2D eigenvalue weighted by molar-refractivity contribution is 5.50. The van der Waals surface area contributed by atoms with E-state index in [4.69, 9.17) is 6.42 Å². The Hall–Kier alpha value is -1.42. The van der Waals surface area contributed by atoms with Gasteiger partial charge in [0.05, 0.1) is 0 Å². The summed E-state index contributed by atoms with van der Waals surface area (Å²) < 4.78 is 0. The SMILES string of the molecule is C#Cc1cccc(NC2CCCC(C)(C)C2)c1. The van der Waals surface area contributed by atoms with Gasteiger partial charge in [0, 0.05) is 17.3 Å². The zero-order valence-corrected chi connectivity index (χ0v) is 10.8. The summed E-state index contributed by atoms with van der Waals surface area (Å²) in [7, 11) is 0. The molecule has 2 rings (SSSR count). The van der Waals surface area contributed by atoms with E-state index in [-0.39, 0.29) is 0 Å². The van der Waals surface area contributed by atoms with Crippen LogP contribution >= 0.6 is 0 Å². The van der Waals surface area contributed by atoms with Crippen LogP contribution in [-0.4, -0.2) is 6.04 Å². The third-order valence-corrected chi connectivity index (χ3v) is 3.61. The van der Waals surface area contributed by atoms with Gasteiger partial charge in [0.15, 0.2) is 0 Å². The largest absolute Gasteiger partial charge is 0.382 e. The molecule has 0 bridgehead atoms. The monoisotopic (exact) mass is 227 g/mol. The Morgan fingerprint density at radius 2 is 2.24 bits per heavy atom. The molecule has 0 aromatic heterocycles. The number of rotatable bonds is 2. The van der Waals surface area contributed by atoms with Gasteiger partial charge in [0.2, 0.25) is 0 Å². The van der Waals surface area contributed by atoms with Crippen molar-refractivity contribution in [1.82, 2.24) is 0 Å². The summed E-state index contributed by atoms with van der Waals surface area (Å²) in [6.45, 7) is 4.72. The van der Waals surface area contributed by atoms with Crippen LogP contribution in [0.3, 0.4) is 0 Å². The van der Waals surface area contributed by atoms with E-state index in [0.29, 0.717) is 11.5 Å². The number of anilines is 1. The zero-order chi connectivity index (χ0) is 12.3. The van der Waals surface area contributed by atoms with Gasteiger partial charge in [-0.05, 0) is 42.9 Å². The summed E-state index contributed by atoms with van der Waals surface area (Å²) in [4.78, 5) is 0. The lowest BCUT2D eigenvalue weighted by atomic mass is 9.75. The summed E-state index contributed by atoms with van der Waals surface area (Å²) >= 11 is 0. The highest BCUT2D eigenvalue weighted by Crippen LogP contribution is 2.36. The molecule has 1 heteroatoms. The van der Waals surface area contributed by atoms with Crippen molar-refractivity contribution < 1.29 is 0 Å². The van der Waals surface area contributed by atoms with Crippen molar-refractivity contribution in [3.8, 4) is 12.3 Å². The average molecular weight is 227 g/mol. The van der Waals surface area contributed by atoms with Gasteiger partial charge in [-0.1, -0.05) is 32.3 Å².